The highest BCUT2D eigenvalue weighted by Gasteiger charge is 2.43. The lowest BCUT2D eigenvalue weighted by atomic mass is 9.93. The third-order valence-electron chi connectivity index (χ3n) is 5.82. The zero-order chi connectivity index (χ0) is 22.4. The van der Waals surface area contributed by atoms with Gasteiger partial charge in [-0.15, -0.1) is 0 Å². The number of aliphatic hydroxyl groups excluding tert-OH is 1. The first-order valence-electron chi connectivity index (χ1n) is 10.7. The Labute approximate surface area is 182 Å². The van der Waals surface area contributed by atoms with Crippen LogP contribution in [-0.2, 0) is 16.0 Å². The molecule has 1 N–H and O–H groups in total. The van der Waals surface area contributed by atoms with E-state index >= 15 is 0 Å². The Bertz CT molecular complexity index is 937. The van der Waals surface area contributed by atoms with E-state index in [-0.39, 0.29) is 17.8 Å². The summed E-state index contributed by atoms with van der Waals surface area (Å²) in [6.07, 6.45) is 0.693. The Kier molecular flexibility index (Phi) is 7.58. The zero-order valence-corrected chi connectivity index (χ0v) is 18.1. The minimum absolute atomic E-state index is 0.104. The normalized spacial score (nSPS) is 16.5. The number of hydrogen-bond acceptors (Lipinski definition) is 4. The molecule has 1 atom stereocenters. The molecule has 31 heavy (non-hydrogen) atoms. The molecule has 0 aliphatic carbocycles. The van der Waals surface area contributed by atoms with Crippen LogP contribution in [0, 0.1) is 5.82 Å². The van der Waals surface area contributed by atoms with Crippen molar-refractivity contribution in [2.45, 2.75) is 32.7 Å². The molecule has 1 aliphatic rings. The molecule has 0 saturated heterocycles. The lowest BCUT2D eigenvalue weighted by molar-refractivity contribution is -0.129. The molecule has 0 spiro atoms. The molecule has 1 unspecified atom stereocenters. The average molecular weight is 425 g/mol. The molecule has 1 heterocycles. The number of nitrogens with zero attached hydrogens (tertiary/aromatic N) is 2. The predicted molar refractivity (Wildman–Crippen MR) is 118 cm³/mol. The summed E-state index contributed by atoms with van der Waals surface area (Å²) in [4.78, 5) is 29.7. The number of Topliss-reactive ketones (excluding diaryl/α,β-unsaturated/α-hetero) is 1. The third kappa shape index (κ3) is 5.20. The Hall–Kier alpha value is -2.99. The fourth-order valence-electron chi connectivity index (χ4n) is 3.99. The van der Waals surface area contributed by atoms with Crippen molar-refractivity contribution < 1.29 is 19.1 Å². The number of aliphatic hydroxyl groups is 1. The van der Waals surface area contributed by atoms with Crippen molar-refractivity contribution in [1.29, 1.82) is 0 Å². The summed E-state index contributed by atoms with van der Waals surface area (Å²) >= 11 is 0. The van der Waals surface area contributed by atoms with E-state index in [1.54, 1.807) is 12.1 Å². The van der Waals surface area contributed by atoms with Crippen LogP contribution in [0.3, 0.4) is 0 Å². The first-order valence-corrected chi connectivity index (χ1v) is 10.7. The molecule has 3 rings (SSSR count). The van der Waals surface area contributed by atoms with Gasteiger partial charge in [-0.1, -0.05) is 56.3 Å². The maximum atomic E-state index is 13.5. The molecule has 0 saturated carbocycles. The van der Waals surface area contributed by atoms with E-state index in [2.05, 4.69) is 4.90 Å². The molecular weight excluding hydrogens is 395 g/mol. The van der Waals surface area contributed by atoms with Crippen LogP contribution in [0.2, 0.25) is 0 Å². The minimum Gasteiger partial charge on any atom is -0.503 e. The predicted octanol–water partition coefficient (Wildman–Crippen LogP) is 4.06. The number of amides is 1. The van der Waals surface area contributed by atoms with E-state index < -0.39 is 23.5 Å². The number of likely N-dealkylation sites (N-methyl/N-ethyl adjacent to an activating group) is 1. The van der Waals surface area contributed by atoms with Crippen molar-refractivity contribution in [3.63, 3.8) is 0 Å². The number of carbonyl (C=O) groups excluding carboxylic acids is 2. The second-order valence-corrected chi connectivity index (χ2v) is 7.65. The van der Waals surface area contributed by atoms with Crippen molar-refractivity contribution in [3.8, 4) is 0 Å². The standard InChI is InChI=1S/C25H29FN2O3/c1-3-27(4-2)16-17-28-23(19-11-13-20(26)14-12-19)22(24(30)25(28)31)21(29)15-10-18-8-6-5-7-9-18/h5-9,11-14,23,30H,3-4,10,15-17H2,1-2H3. The summed E-state index contributed by atoms with van der Waals surface area (Å²) in [5.74, 6) is -1.71. The Morgan fingerprint density at radius 2 is 1.71 bits per heavy atom. The third-order valence-corrected chi connectivity index (χ3v) is 5.82. The molecule has 5 nitrogen and oxygen atoms in total. The number of halogens is 1. The molecular formula is C25H29FN2O3. The lowest BCUT2D eigenvalue weighted by Crippen LogP contribution is -2.38. The van der Waals surface area contributed by atoms with Crippen LogP contribution in [-0.4, -0.2) is 52.8 Å². The summed E-state index contributed by atoms with van der Waals surface area (Å²) in [5.41, 5.74) is 1.73. The second-order valence-electron chi connectivity index (χ2n) is 7.65. The zero-order valence-electron chi connectivity index (χ0n) is 18.1. The quantitative estimate of drug-likeness (QED) is 0.625. The molecule has 2 aromatic carbocycles. The van der Waals surface area contributed by atoms with E-state index in [0.29, 0.717) is 25.1 Å². The Balaban J connectivity index is 1.87. The van der Waals surface area contributed by atoms with Gasteiger partial charge in [-0.3, -0.25) is 9.59 Å². The number of rotatable bonds is 10. The van der Waals surface area contributed by atoms with Gasteiger partial charge in [0, 0.05) is 19.5 Å². The van der Waals surface area contributed by atoms with Gasteiger partial charge in [-0.25, -0.2) is 4.39 Å². The van der Waals surface area contributed by atoms with Gasteiger partial charge in [0.25, 0.3) is 5.91 Å². The molecule has 1 amide bonds. The smallest absolute Gasteiger partial charge is 0.290 e. The van der Waals surface area contributed by atoms with E-state index in [0.717, 1.165) is 18.7 Å². The molecule has 0 fully saturated rings. The van der Waals surface area contributed by atoms with Crippen LogP contribution < -0.4 is 0 Å². The van der Waals surface area contributed by atoms with Crippen LogP contribution in [0.4, 0.5) is 4.39 Å². The van der Waals surface area contributed by atoms with Gasteiger partial charge in [0.15, 0.2) is 11.5 Å². The highest BCUT2D eigenvalue weighted by Crippen LogP contribution is 2.38. The molecule has 0 radical (unpaired) electrons. The summed E-state index contributed by atoms with van der Waals surface area (Å²) in [7, 11) is 0. The maximum Gasteiger partial charge on any atom is 0.290 e. The van der Waals surface area contributed by atoms with Gasteiger partial charge in [-0.2, -0.15) is 0 Å². The Morgan fingerprint density at radius 1 is 1.06 bits per heavy atom. The molecule has 0 bridgehead atoms. The molecule has 2 aromatic rings. The van der Waals surface area contributed by atoms with Gasteiger partial charge in [0.2, 0.25) is 0 Å². The van der Waals surface area contributed by atoms with E-state index in [1.165, 1.54) is 17.0 Å². The topological polar surface area (TPSA) is 60.9 Å². The minimum atomic E-state index is -0.716. The van der Waals surface area contributed by atoms with Gasteiger partial charge in [0.1, 0.15) is 5.82 Å². The fourth-order valence-corrected chi connectivity index (χ4v) is 3.99. The van der Waals surface area contributed by atoms with Gasteiger partial charge < -0.3 is 14.9 Å². The maximum absolute atomic E-state index is 13.5. The SMILES string of the molecule is CCN(CC)CCN1C(=O)C(O)=C(C(=O)CCc2ccccc2)C1c1ccc(F)cc1. The molecule has 0 aromatic heterocycles. The monoisotopic (exact) mass is 424 g/mol. The van der Waals surface area contributed by atoms with Gasteiger partial charge >= 0.3 is 0 Å². The molecule has 1 aliphatic heterocycles. The van der Waals surface area contributed by atoms with Crippen LogP contribution in [0.25, 0.3) is 0 Å². The van der Waals surface area contributed by atoms with Crippen molar-refractivity contribution in [3.05, 3.63) is 82.9 Å². The average Bonchev–Trinajstić information content (AvgIpc) is 3.04. The van der Waals surface area contributed by atoms with E-state index in [1.807, 2.05) is 44.2 Å². The van der Waals surface area contributed by atoms with Gasteiger partial charge in [-0.05, 0) is 42.8 Å². The number of carbonyl (C=O) groups is 2. The fraction of sp³-hybridized carbons (Fsp3) is 0.360. The first-order chi connectivity index (χ1) is 15.0. The molecule has 164 valence electrons. The van der Waals surface area contributed by atoms with E-state index in [9.17, 15) is 19.1 Å². The first kappa shape index (κ1) is 22.7. The second kappa shape index (κ2) is 10.4. The van der Waals surface area contributed by atoms with E-state index in [4.69, 9.17) is 0 Å². The Morgan fingerprint density at radius 3 is 2.32 bits per heavy atom. The van der Waals surface area contributed by atoms with Gasteiger partial charge in [0.05, 0.1) is 11.6 Å². The number of benzene rings is 2. The van der Waals surface area contributed by atoms with Crippen LogP contribution >= 0.6 is 0 Å². The lowest BCUT2D eigenvalue weighted by Gasteiger charge is -2.29. The number of ketones is 1. The highest BCUT2D eigenvalue weighted by atomic mass is 19.1. The van der Waals surface area contributed by atoms with Crippen molar-refractivity contribution in [1.82, 2.24) is 9.80 Å². The molecule has 6 heteroatoms. The largest absolute Gasteiger partial charge is 0.503 e. The van der Waals surface area contributed by atoms with Crippen molar-refractivity contribution in [2.24, 2.45) is 0 Å². The summed E-state index contributed by atoms with van der Waals surface area (Å²) in [6, 6.07) is 14.7. The summed E-state index contributed by atoms with van der Waals surface area (Å²) in [5, 5.41) is 10.6. The number of aryl methyl sites for hydroxylation is 1. The summed E-state index contributed by atoms with van der Waals surface area (Å²) < 4.78 is 13.5. The highest BCUT2D eigenvalue weighted by molar-refractivity contribution is 6.09. The van der Waals surface area contributed by atoms with Crippen LogP contribution in [0.5, 0.6) is 0 Å². The summed E-state index contributed by atoms with van der Waals surface area (Å²) in [6.45, 7) is 6.74. The van der Waals surface area contributed by atoms with Crippen LogP contribution in [0.15, 0.2) is 65.9 Å². The van der Waals surface area contributed by atoms with Crippen molar-refractivity contribution >= 4 is 11.7 Å². The number of hydrogen-bond donors (Lipinski definition) is 1. The van der Waals surface area contributed by atoms with Crippen molar-refractivity contribution in [2.75, 3.05) is 26.2 Å². The van der Waals surface area contributed by atoms with Crippen LogP contribution in [0.1, 0.15) is 37.4 Å².